The van der Waals surface area contributed by atoms with Crippen LogP contribution in [0, 0.1) is 13.8 Å². The van der Waals surface area contributed by atoms with E-state index in [4.69, 9.17) is 4.74 Å². The van der Waals surface area contributed by atoms with E-state index >= 15 is 0 Å². The summed E-state index contributed by atoms with van der Waals surface area (Å²) >= 11 is 0. The van der Waals surface area contributed by atoms with Crippen molar-refractivity contribution in [1.82, 2.24) is 19.7 Å². The molecule has 26 heavy (non-hydrogen) atoms. The molecule has 0 unspecified atom stereocenters. The zero-order valence-electron chi connectivity index (χ0n) is 16.1. The summed E-state index contributed by atoms with van der Waals surface area (Å²) in [5.74, 6) is -0.127. The van der Waals surface area contributed by atoms with Crippen molar-refractivity contribution < 1.29 is 9.53 Å². The lowest BCUT2D eigenvalue weighted by Gasteiger charge is -2.29. The average molecular weight is 358 g/mol. The highest BCUT2D eigenvalue weighted by atomic mass is 16.5. The third-order valence-electron chi connectivity index (χ3n) is 5.15. The summed E-state index contributed by atoms with van der Waals surface area (Å²) < 4.78 is 7.82. The fourth-order valence-electron chi connectivity index (χ4n) is 3.67. The Bertz CT molecular complexity index is 748. The molecule has 142 valence electrons. The molecule has 2 heterocycles. The van der Waals surface area contributed by atoms with Gasteiger partial charge in [-0.2, -0.15) is 0 Å². The van der Waals surface area contributed by atoms with Crippen LogP contribution in [0.5, 0.6) is 0 Å². The predicted octanol–water partition coefficient (Wildman–Crippen LogP) is 3.59. The number of ether oxygens (including phenoxy) is 1. The van der Waals surface area contributed by atoms with E-state index in [2.05, 4.69) is 22.2 Å². The van der Waals surface area contributed by atoms with Crippen LogP contribution in [0.15, 0.2) is 12.4 Å². The first-order valence-electron chi connectivity index (χ1n) is 9.82. The summed E-state index contributed by atoms with van der Waals surface area (Å²) in [5, 5.41) is 3.14. The Morgan fingerprint density at radius 2 is 2.04 bits per heavy atom. The Morgan fingerprint density at radius 1 is 1.27 bits per heavy atom. The van der Waals surface area contributed by atoms with E-state index in [9.17, 15) is 4.79 Å². The Labute approximate surface area is 155 Å². The number of nitrogens with zero attached hydrogens (tertiary/aromatic N) is 3. The Hall–Kier alpha value is -1.95. The second-order valence-electron chi connectivity index (χ2n) is 7.35. The van der Waals surface area contributed by atoms with E-state index in [1.165, 1.54) is 12.8 Å². The van der Waals surface area contributed by atoms with Crippen LogP contribution < -0.4 is 5.32 Å². The van der Waals surface area contributed by atoms with E-state index in [0.717, 1.165) is 50.1 Å². The number of imidazole rings is 1. The van der Waals surface area contributed by atoms with Crippen molar-refractivity contribution in [2.45, 2.75) is 77.9 Å². The van der Waals surface area contributed by atoms with Crippen molar-refractivity contribution in [1.29, 1.82) is 0 Å². The number of carbonyl (C=O) groups is 1. The molecule has 1 aliphatic carbocycles. The van der Waals surface area contributed by atoms with Gasteiger partial charge < -0.3 is 10.1 Å². The third-order valence-corrected chi connectivity index (χ3v) is 5.15. The Balaban J connectivity index is 1.53. The van der Waals surface area contributed by atoms with Gasteiger partial charge in [0, 0.05) is 24.0 Å². The summed E-state index contributed by atoms with van der Waals surface area (Å²) in [6.07, 6.45) is 9.56. The quantitative estimate of drug-likeness (QED) is 0.768. The van der Waals surface area contributed by atoms with Gasteiger partial charge in [-0.25, -0.2) is 9.97 Å². The van der Waals surface area contributed by atoms with Crippen molar-refractivity contribution in [3.63, 3.8) is 0 Å². The van der Waals surface area contributed by atoms with Gasteiger partial charge in [0.2, 0.25) is 0 Å². The van der Waals surface area contributed by atoms with Gasteiger partial charge in [0.25, 0.3) is 5.91 Å². The topological polar surface area (TPSA) is 68.5 Å². The molecule has 0 atom stereocenters. The van der Waals surface area contributed by atoms with Crippen molar-refractivity contribution >= 4 is 11.6 Å². The summed E-state index contributed by atoms with van der Waals surface area (Å²) in [6, 6.07) is 2.18. The van der Waals surface area contributed by atoms with Gasteiger partial charge in [0.15, 0.2) is 11.3 Å². The molecule has 1 aliphatic rings. The summed E-state index contributed by atoms with van der Waals surface area (Å²) in [4.78, 5) is 21.5. The number of nitrogens with one attached hydrogen (secondary N) is 1. The van der Waals surface area contributed by atoms with Crippen molar-refractivity contribution in [2.75, 3.05) is 6.61 Å². The van der Waals surface area contributed by atoms with Crippen LogP contribution in [0.3, 0.4) is 0 Å². The van der Waals surface area contributed by atoms with E-state index < -0.39 is 0 Å². The van der Waals surface area contributed by atoms with Gasteiger partial charge in [0.1, 0.15) is 6.33 Å². The van der Waals surface area contributed by atoms with Crippen molar-refractivity contribution in [3.8, 4) is 0 Å². The van der Waals surface area contributed by atoms with E-state index in [1.807, 2.05) is 24.3 Å². The number of rotatable bonds is 7. The number of unbranched alkanes of at least 4 members (excludes halogenated alkanes) is 2. The fraction of sp³-hybridized carbons (Fsp3) is 0.650. The third kappa shape index (κ3) is 4.41. The SMILES string of the molecule is CCCCCOC1CCC(NC(=O)c2ncn3c(C)cc(C)nc23)CC1. The van der Waals surface area contributed by atoms with Crippen LogP contribution in [0.4, 0.5) is 0 Å². The lowest BCUT2D eigenvalue weighted by molar-refractivity contribution is 0.0204. The van der Waals surface area contributed by atoms with E-state index in [1.54, 1.807) is 6.33 Å². The number of aromatic nitrogens is 3. The van der Waals surface area contributed by atoms with Crippen LogP contribution in [-0.2, 0) is 4.74 Å². The zero-order chi connectivity index (χ0) is 18.5. The first kappa shape index (κ1) is 18.8. The lowest BCUT2D eigenvalue weighted by Crippen LogP contribution is -2.39. The minimum atomic E-state index is -0.127. The highest BCUT2D eigenvalue weighted by Crippen LogP contribution is 2.22. The van der Waals surface area contributed by atoms with Crippen LogP contribution in [0.2, 0.25) is 0 Å². The number of carbonyl (C=O) groups excluding carboxylic acids is 1. The normalized spacial score (nSPS) is 20.4. The van der Waals surface area contributed by atoms with Crippen LogP contribution in [0.1, 0.15) is 73.7 Å². The Morgan fingerprint density at radius 3 is 2.77 bits per heavy atom. The number of hydrogen-bond acceptors (Lipinski definition) is 4. The molecule has 2 aromatic rings. The summed E-state index contributed by atoms with van der Waals surface area (Å²) in [5.41, 5.74) is 2.97. The van der Waals surface area contributed by atoms with Gasteiger partial charge in [0.05, 0.1) is 6.10 Å². The largest absolute Gasteiger partial charge is 0.378 e. The van der Waals surface area contributed by atoms with E-state index in [0.29, 0.717) is 17.4 Å². The predicted molar refractivity (Wildman–Crippen MR) is 101 cm³/mol. The van der Waals surface area contributed by atoms with E-state index in [-0.39, 0.29) is 11.9 Å². The summed E-state index contributed by atoms with van der Waals surface area (Å²) in [7, 11) is 0. The Kier molecular flexibility index (Phi) is 6.25. The van der Waals surface area contributed by atoms with Crippen LogP contribution in [-0.4, -0.2) is 39.0 Å². The van der Waals surface area contributed by atoms with Gasteiger partial charge in [-0.05, 0) is 52.0 Å². The molecule has 2 aromatic heterocycles. The molecular formula is C20H30N4O2. The molecular weight excluding hydrogens is 328 g/mol. The minimum Gasteiger partial charge on any atom is -0.378 e. The molecule has 0 aromatic carbocycles. The minimum absolute atomic E-state index is 0.127. The highest BCUT2D eigenvalue weighted by molar-refractivity contribution is 5.98. The maximum absolute atomic E-state index is 12.7. The number of amides is 1. The van der Waals surface area contributed by atoms with Gasteiger partial charge in [-0.1, -0.05) is 19.8 Å². The van der Waals surface area contributed by atoms with Crippen LogP contribution >= 0.6 is 0 Å². The first-order chi connectivity index (χ1) is 12.6. The van der Waals surface area contributed by atoms with Gasteiger partial charge in [-0.3, -0.25) is 9.20 Å². The number of aryl methyl sites for hydroxylation is 2. The summed E-state index contributed by atoms with van der Waals surface area (Å²) in [6.45, 7) is 6.99. The molecule has 0 aliphatic heterocycles. The van der Waals surface area contributed by atoms with Gasteiger partial charge >= 0.3 is 0 Å². The highest BCUT2D eigenvalue weighted by Gasteiger charge is 2.25. The number of hydrogen-bond donors (Lipinski definition) is 1. The molecule has 0 spiro atoms. The molecule has 0 radical (unpaired) electrons. The first-order valence-corrected chi connectivity index (χ1v) is 9.82. The van der Waals surface area contributed by atoms with Crippen LogP contribution in [0.25, 0.3) is 5.65 Å². The monoisotopic (exact) mass is 358 g/mol. The fourth-order valence-corrected chi connectivity index (χ4v) is 3.67. The standard InChI is InChI=1S/C20H30N4O2/c1-4-5-6-11-26-17-9-7-16(8-10-17)23-20(25)18-19-22-14(2)12-15(3)24(19)13-21-18/h12-13,16-17H,4-11H2,1-3H3,(H,23,25). The van der Waals surface area contributed by atoms with Gasteiger partial charge in [-0.15, -0.1) is 0 Å². The van der Waals surface area contributed by atoms with Crippen molar-refractivity contribution in [3.05, 3.63) is 29.5 Å². The molecule has 1 amide bonds. The molecule has 0 saturated heterocycles. The molecule has 1 N–H and O–H groups in total. The number of fused-ring (bicyclic) bond motifs is 1. The maximum atomic E-state index is 12.7. The molecule has 1 fully saturated rings. The second kappa shape index (κ2) is 8.62. The molecule has 0 bridgehead atoms. The van der Waals surface area contributed by atoms with Crippen molar-refractivity contribution in [2.24, 2.45) is 0 Å². The molecule has 6 heteroatoms. The smallest absolute Gasteiger partial charge is 0.274 e. The molecule has 6 nitrogen and oxygen atoms in total. The lowest BCUT2D eigenvalue weighted by atomic mass is 9.93. The maximum Gasteiger partial charge on any atom is 0.274 e. The second-order valence-corrected chi connectivity index (χ2v) is 7.35. The average Bonchev–Trinajstić information content (AvgIpc) is 3.04. The molecule has 1 saturated carbocycles. The zero-order valence-corrected chi connectivity index (χ0v) is 16.1. The molecule has 3 rings (SSSR count).